The van der Waals surface area contributed by atoms with Crippen LogP contribution >= 0.6 is 0 Å². The van der Waals surface area contributed by atoms with Crippen LogP contribution in [-0.2, 0) is 12.8 Å². The molecule has 3 N–H and O–H groups in total. The highest BCUT2D eigenvalue weighted by atomic mass is 16.5. The first-order valence-corrected chi connectivity index (χ1v) is 7.96. The number of aromatic nitrogens is 1. The molecule has 0 unspecified atom stereocenters. The fourth-order valence-corrected chi connectivity index (χ4v) is 3.21. The maximum absolute atomic E-state index is 7.72. The van der Waals surface area contributed by atoms with Crippen LogP contribution in [0.5, 0.6) is 5.88 Å². The second-order valence-corrected chi connectivity index (χ2v) is 5.96. The maximum atomic E-state index is 7.72. The van der Waals surface area contributed by atoms with Gasteiger partial charge in [0.1, 0.15) is 12.4 Å². The molecule has 0 aromatic carbocycles. The van der Waals surface area contributed by atoms with Crippen molar-refractivity contribution >= 4 is 5.84 Å². The minimum atomic E-state index is 0.0465. The molecule has 1 aliphatic heterocycles. The third-order valence-corrected chi connectivity index (χ3v) is 4.40. The number of nitrogens with zero attached hydrogens (tertiary/aromatic N) is 2. The van der Waals surface area contributed by atoms with E-state index in [0.717, 1.165) is 31.5 Å². The van der Waals surface area contributed by atoms with Gasteiger partial charge in [-0.3, -0.25) is 10.3 Å². The Morgan fingerprint density at radius 3 is 2.81 bits per heavy atom. The number of aryl methyl sites for hydroxylation is 2. The number of fused-ring (bicyclic) bond motifs is 1. The van der Waals surface area contributed by atoms with Crippen molar-refractivity contribution in [2.24, 2.45) is 5.73 Å². The quantitative estimate of drug-likeness (QED) is 0.639. The summed E-state index contributed by atoms with van der Waals surface area (Å²) < 4.78 is 5.85. The van der Waals surface area contributed by atoms with Crippen molar-refractivity contribution in [2.45, 2.75) is 38.5 Å². The van der Waals surface area contributed by atoms with E-state index in [1.165, 1.54) is 37.9 Å². The van der Waals surface area contributed by atoms with Gasteiger partial charge in [0, 0.05) is 12.2 Å². The Morgan fingerprint density at radius 1 is 1.24 bits per heavy atom. The molecule has 1 aromatic heterocycles. The van der Waals surface area contributed by atoms with Crippen molar-refractivity contribution in [3.8, 4) is 5.88 Å². The van der Waals surface area contributed by atoms with Crippen LogP contribution in [0.15, 0.2) is 6.07 Å². The molecule has 3 rings (SSSR count). The van der Waals surface area contributed by atoms with Gasteiger partial charge in [-0.05, 0) is 56.8 Å². The van der Waals surface area contributed by atoms with Gasteiger partial charge in [0.05, 0.1) is 5.56 Å². The number of hydrogen-bond acceptors (Lipinski definition) is 4. The summed E-state index contributed by atoms with van der Waals surface area (Å²) in [6, 6.07) is 1.99. The summed E-state index contributed by atoms with van der Waals surface area (Å²) in [5.74, 6) is 0.588. The molecule has 1 aliphatic carbocycles. The number of rotatable bonds is 5. The largest absolute Gasteiger partial charge is 0.476 e. The molecule has 1 fully saturated rings. The topological polar surface area (TPSA) is 75.2 Å². The molecule has 0 saturated carbocycles. The highest BCUT2D eigenvalue weighted by Crippen LogP contribution is 2.26. The van der Waals surface area contributed by atoms with Crippen molar-refractivity contribution in [1.82, 2.24) is 9.88 Å². The average molecular weight is 288 g/mol. The number of piperidine rings is 1. The highest BCUT2D eigenvalue weighted by Gasteiger charge is 2.19. The van der Waals surface area contributed by atoms with Gasteiger partial charge in [-0.25, -0.2) is 4.98 Å². The van der Waals surface area contributed by atoms with E-state index >= 15 is 0 Å². The first-order valence-electron chi connectivity index (χ1n) is 7.96. The molecular weight excluding hydrogens is 264 g/mol. The number of nitrogens with two attached hydrogens (primary N) is 1. The average Bonchev–Trinajstić information content (AvgIpc) is 2.94. The Balaban J connectivity index is 1.65. The Hall–Kier alpha value is -1.62. The molecule has 0 radical (unpaired) electrons. The monoisotopic (exact) mass is 288 g/mol. The van der Waals surface area contributed by atoms with Crippen molar-refractivity contribution < 1.29 is 4.74 Å². The number of nitrogen functional groups attached to an aromatic ring is 1. The van der Waals surface area contributed by atoms with Crippen molar-refractivity contribution in [3.05, 3.63) is 22.9 Å². The lowest BCUT2D eigenvalue weighted by Gasteiger charge is -2.26. The van der Waals surface area contributed by atoms with Crippen LogP contribution in [0.2, 0.25) is 0 Å². The van der Waals surface area contributed by atoms with Gasteiger partial charge in [-0.2, -0.15) is 0 Å². The van der Waals surface area contributed by atoms with E-state index in [1.54, 1.807) is 0 Å². The van der Waals surface area contributed by atoms with E-state index in [2.05, 4.69) is 9.88 Å². The van der Waals surface area contributed by atoms with Crippen LogP contribution in [0.4, 0.5) is 0 Å². The number of likely N-dealkylation sites (tertiary alicyclic amines) is 1. The predicted octanol–water partition coefficient (Wildman–Crippen LogP) is 1.72. The van der Waals surface area contributed by atoms with E-state index in [9.17, 15) is 0 Å². The summed E-state index contributed by atoms with van der Waals surface area (Å²) >= 11 is 0. The number of nitrogens with one attached hydrogen (secondary N) is 1. The Morgan fingerprint density at radius 2 is 2.05 bits per heavy atom. The first kappa shape index (κ1) is 14.3. The Labute approximate surface area is 126 Å². The van der Waals surface area contributed by atoms with Crippen molar-refractivity contribution in [2.75, 3.05) is 26.2 Å². The van der Waals surface area contributed by atoms with Gasteiger partial charge in [0.25, 0.3) is 0 Å². The molecular formula is C16H24N4O. The molecule has 5 heteroatoms. The Kier molecular flexibility index (Phi) is 4.39. The predicted molar refractivity (Wildman–Crippen MR) is 83.1 cm³/mol. The van der Waals surface area contributed by atoms with Crippen LogP contribution in [0.1, 0.15) is 42.5 Å². The highest BCUT2D eigenvalue weighted by molar-refractivity contribution is 5.97. The second kappa shape index (κ2) is 6.43. The van der Waals surface area contributed by atoms with E-state index in [1.807, 2.05) is 6.07 Å². The van der Waals surface area contributed by atoms with Crippen LogP contribution < -0.4 is 10.5 Å². The second-order valence-electron chi connectivity index (χ2n) is 5.96. The molecule has 0 amide bonds. The molecule has 21 heavy (non-hydrogen) atoms. The van der Waals surface area contributed by atoms with E-state index in [0.29, 0.717) is 18.1 Å². The molecule has 5 nitrogen and oxygen atoms in total. The molecule has 0 bridgehead atoms. The normalized spacial score (nSPS) is 18.5. The molecule has 2 heterocycles. The van der Waals surface area contributed by atoms with Crippen LogP contribution in [0.3, 0.4) is 0 Å². The van der Waals surface area contributed by atoms with Gasteiger partial charge in [0.2, 0.25) is 5.88 Å². The summed E-state index contributed by atoms with van der Waals surface area (Å²) in [4.78, 5) is 7.03. The van der Waals surface area contributed by atoms with E-state index < -0.39 is 0 Å². The molecule has 0 atom stereocenters. The summed E-state index contributed by atoms with van der Waals surface area (Å²) in [6.07, 6.45) is 7.10. The third kappa shape index (κ3) is 3.35. The molecule has 2 aliphatic rings. The number of hydrogen-bond donors (Lipinski definition) is 2. The number of ether oxygens (including phenoxy) is 1. The lowest BCUT2D eigenvalue weighted by Crippen LogP contribution is -2.33. The van der Waals surface area contributed by atoms with E-state index in [4.69, 9.17) is 15.9 Å². The van der Waals surface area contributed by atoms with E-state index in [-0.39, 0.29) is 5.84 Å². The minimum Gasteiger partial charge on any atom is -0.476 e. The smallest absolute Gasteiger partial charge is 0.224 e. The minimum absolute atomic E-state index is 0.0465. The SMILES string of the molecule is N=C(N)c1cc2c(nc1OCCN1CCCCC1)CCC2. The number of amidine groups is 1. The van der Waals surface area contributed by atoms with Crippen molar-refractivity contribution in [1.29, 1.82) is 5.41 Å². The standard InChI is InChI=1S/C16H24N4O/c17-15(18)13-11-12-5-4-6-14(12)19-16(13)21-10-9-20-7-2-1-3-8-20/h11H,1-10H2,(H3,17,18). The van der Waals surface area contributed by atoms with Crippen LogP contribution in [-0.4, -0.2) is 42.0 Å². The summed E-state index contributed by atoms with van der Waals surface area (Å²) in [7, 11) is 0. The fourth-order valence-electron chi connectivity index (χ4n) is 3.21. The zero-order chi connectivity index (χ0) is 14.7. The van der Waals surface area contributed by atoms with Gasteiger partial charge in [0.15, 0.2) is 0 Å². The fraction of sp³-hybridized carbons (Fsp3) is 0.625. The third-order valence-electron chi connectivity index (χ3n) is 4.40. The molecule has 1 saturated heterocycles. The summed E-state index contributed by atoms with van der Waals surface area (Å²) in [5.41, 5.74) is 8.67. The zero-order valence-electron chi connectivity index (χ0n) is 12.5. The molecule has 1 aromatic rings. The zero-order valence-corrected chi connectivity index (χ0v) is 12.5. The van der Waals surface area contributed by atoms with Gasteiger partial charge in [-0.15, -0.1) is 0 Å². The molecule has 0 spiro atoms. The lowest BCUT2D eigenvalue weighted by atomic mass is 10.1. The van der Waals surface area contributed by atoms with Gasteiger partial charge in [-0.1, -0.05) is 6.42 Å². The number of pyridine rings is 1. The van der Waals surface area contributed by atoms with Crippen LogP contribution in [0.25, 0.3) is 0 Å². The van der Waals surface area contributed by atoms with Gasteiger partial charge < -0.3 is 10.5 Å². The summed E-state index contributed by atoms with van der Waals surface area (Å²) in [5, 5.41) is 7.72. The maximum Gasteiger partial charge on any atom is 0.224 e. The summed E-state index contributed by atoms with van der Waals surface area (Å²) in [6.45, 7) is 3.88. The first-order chi connectivity index (χ1) is 10.2. The van der Waals surface area contributed by atoms with Gasteiger partial charge >= 0.3 is 0 Å². The van der Waals surface area contributed by atoms with Crippen molar-refractivity contribution in [3.63, 3.8) is 0 Å². The lowest BCUT2D eigenvalue weighted by molar-refractivity contribution is 0.180. The Bertz CT molecular complexity index is 523. The van der Waals surface area contributed by atoms with Crippen LogP contribution in [0, 0.1) is 5.41 Å². The molecule has 114 valence electrons.